The van der Waals surface area contributed by atoms with Crippen molar-refractivity contribution in [2.45, 2.75) is 0 Å². The summed E-state index contributed by atoms with van der Waals surface area (Å²) in [5.74, 6) is -0.167. The van der Waals surface area contributed by atoms with Crippen LogP contribution in [0.2, 0.25) is 0 Å². The zero-order valence-corrected chi connectivity index (χ0v) is 12.2. The Labute approximate surface area is 127 Å². The van der Waals surface area contributed by atoms with Crippen molar-refractivity contribution in [1.29, 1.82) is 0 Å². The van der Waals surface area contributed by atoms with Crippen LogP contribution in [-0.2, 0) is 14.4 Å². The fourth-order valence-electron chi connectivity index (χ4n) is 2.05. The summed E-state index contributed by atoms with van der Waals surface area (Å²) in [5, 5.41) is 2.50. The second kappa shape index (κ2) is 7.06. The number of halogens is 1. The molecule has 0 aliphatic heterocycles. The highest BCUT2D eigenvalue weighted by Gasteiger charge is 2.16. The number of fused-ring (bicyclic) bond motifs is 1. The van der Waals surface area contributed by atoms with Crippen LogP contribution in [0.15, 0.2) is 36.4 Å². The van der Waals surface area contributed by atoms with E-state index >= 15 is 0 Å². The largest absolute Gasteiger partial charge is 0.465 e. The van der Waals surface area contributed by atoms with E-state index in [2.05, 4.69) is 0 Å². The fourth-order valence-corrected chi connectivity index (χ4v) is 2.12. The van der Waals surface area contributed by atoms with E-state index in [1.165, 1.54) is 7.11 Å². The fraction of sp³-hybridized carbons (Fsp3) is 0.200. The lowest BCUT2D eigenvalue weighted by molar-refractivity contribution is -0.113. The summed E-state index contributed by atoms with van der Waals surface area (Å²) < 4.78 is 4.77. The van der Waals surface area contributed by atoms with Gasteiger partial charge >= 0.3 is 5.97 Å². The zero-order valence-electron chi connectivity index (χ0n) is 11.4. The van der Waals surface area contributed by atoms with Gasteiger partial charge in [-0.05, 0) is 17.5 Å². The molecule has 0 N–H and O–H groups in total. The van der Waals surface area contributed by atoms with Crippen molar-refractivity contribution in [1.82, 2.24) is 0 Å². The number of hydrogen-bond acceptors (Lipinski definition) is 4. The molecule has 0 heterocycles. The van der Waals surface area contributed by atoms with Crippen LogP contribution in [0.3, 0.4) is 0 Å². The van der Waals surface area contributed by atoms with Gasteiger partial charge in [-0.1, -0.05) is 24.3 Å². The van der Waals surface area contributed by atoms with Gasteiger partial charge in [0.15, 0.2) is 0 Å². The summed E-state index contributed by atoms with van der Waals surface area (Å²) in [7, 11) is 1.33. The summed E-state index contributed by atoms with van der Waals surface area (Å²) in [6.07, 6.45) is 0.562. The first-order valence-corrected chi connectivity index (χ1v) is 6.80. The smallest absolute Gasteiger partial charge is 0.338 e. The average Bonchev–Trinajstić information content (AvgIpc) is 2.54. The highest BCUT2D eigenvalue weighted by Crippen LogP contribution is 2.29. The molecule has 0 spiro atoms. The maximum atomic E-state index is 11.8. The quantitative estimate of drug-likeness (QED) is 0.356. The van der Waals surface area contributed by atoms with Gasteiger partial charge in [-0.3, -0.25) is 9.63 Å². The molecule has 0 fully saturated rings. The van der Waals surface area contributed by atoms with Crippen LogP contribution in [0.25, 0.3) is 10.8 Å². The Bertz CT molecular complexity index is 659. The molecule has 1 amide bonds. The lowest BCUT2D eigenvalue weighted by Crippen LogP contribution is -2.23. The van der Waals surface area contributed by atoms with Gasteiger partial charge in [-0.15, -0.1) is 11.6 Å². The number of benzene rings is 2. The number of methoxy groups -OCH3 is 1. The van der Waals surface area contributed by atoms with Crippen LogP contribution in [0.1, 0.15) is 10.4 Å². The van der Waals surface area contributed by atoms with Crippen LogP contribution >= 0.6 is 11.6 Å². The van der Waals surface area contributed by atoms with Crippen molar-refractivity contribution < 1.29 is 19.2 Å². The summed E-state index contributed by atoms with van der Waals surface area (Å²) in [4.78, 5) is 28.3. The average molecular weight is 308 g/mol. The maximum Gasteiger partial charge on any atom is 0.338 e. The molecule has 0 saturated carbocycles. The number of amides is 1. The van der Waals surface area contributed by atoms with Gasteiger partial charge in [0.05, 0.1) is 25.0 Å². The lowest BCUT2D eigenvalue weighted by Gasteiger charge is -2.19. The molecule has 2 rings (SSSR count). The second-order valence-electron chi connectivity index (χ2n) is 4.12. The molecule has 0 aliphatic carbocycles. The SMILES string of the molecule is COC(=O)c1ccc(N(C=O)OCCCl)c2ccccc12. The number of anilines is 1. The third kappa shape index (κ3) is 3.15. The molecule has 0 aliphatic rings. The van der Waals surface area contributed by atoms with Gasteiger partial charge in [0.2, 0.25) is 6.41 Å². The number of hydrogen-bond donors (Lipinski definition) is 0. The summed E-state index contributed by atoms with van der Waals surface area (Å²) in [6.45, 7) is 0.202. The minimum absolute atomic E-state index is 0.202. The number of ether oxygens (including phenoxy) is 1. The third-order valence-corrected chi connectivity index (χ3v) is 3.10. The molecule has 0 radical (unpaired) electrons. The molecule has 5 nitrogen and oxygen atoms in total. The van der Waals surface area contributed by atoms with Crippen molar-refractivity contribution >= 4 is 40.4 Å². The van der Waals surface area contributed by atoms with Crippen molar-refractivity contribution in [3.05, 3.63) is 42.0 Å². The topological polar surface area (TPSA) is 55.8 Å². The monoisotopic (exact) mass is 307 g/mol. The van der Waals surface area contributed by atoms with Crippen LogP contribution in [0.5, 0.6) is 0 Å². The summed E-state index contributed by atoms with van der Waals surface area (Å²) in [6, 6.07) is 10.5. The van der Waals surface area contributed by atoms with Crippen molar-refractivity contribution in [3.8, 4) is 0 Å². The van der Waals surface area contributed by atoms with Gasteiger partial charge in [0.25, 0.3) is 0 Å². The predicted octanol–water partition coefficient (Wildman–Crippen LogP) is 2.76. The standard InChI is InChI=1S/C15H14ClNO4/c1-20-15(19)13-6-7-14(17(10-18)21-9-8-16)12-5-3-2-4-11(12)13/h2-7,10H,8-9H2,1H3. The van der Waals surface area contributed by atoms with Gasteiger partial charge in [0.1, 0.15) is 0 Å². The summed E-state index contributed by atoms with van der Waals surface area (Å²) in [5.41, 5.74) is 0.971. The number of carbonyl (C=O) groups excluding carboxylic acids is 2. The van der Waals surface area contributed by atoms with Crippen molar-refractivity contribution in [3.63, 3.8) is 0 Å². The Hall–Kier alpha value is -2.11. The Balaban J connectivity index is 2.56. The molecule has 2 aromatic rings. The highest BCUT2D eigenvalue weighted by molar-refractivity contribution is 6.18. The van der Waals surface area contributed by atoms with Crippen LogP contribution in [0, 0.1) is 0 Å². The maximum absolute atomic E-state index is 11.8. The number of esters is 1. The first-order valence-electron chi connectivity index (χ1n) is 6.26. The molecule has 0 saturated heterocycles. The molecular weight excluding hydrogens is 294 g/mol. The van der Waals surface area contributed by atoms with E-state index in [1.54, 1.807) is 24.3 Å². The Morgan fingerprint density at radius 3 is 2.57 bits per heavy atom. The molecule has 0 unspecified atom stereocenters. The summed E-state index contributed by atoms with van der Waals surface area (Å²) >= 11 is 5.57. The molecular formula is C15H14ClNO4. The normalized spacial score (nSPS) is 10.4. The van der Waals surface area contributed by atoms with E-state index in [1.807, 2.05) is 12.1 Å². The molecule has 2 aromatic carbocycles. The van der Waals surface area contributed by atoms with Crippen LogP contribution in [0.4, 0.5) is 5.69 Å². The van der Waals surface area contributed by atoms with Crippen molar-refractivity contribution in [2.75, 3.05) is 24.7 Å². The minimum atomic E-state index is -0.433. The predicted molar refractivity (Wildman–Crippen MR) is 80.5 cm³/mol. The van der Waals surface area contributed by atoms with Gasteiger partial charge in [0, 0.05) is 11.3 Å². The molecule has 110 valence electrons. The Morgan fingerprint density at radius 1 is 1.24 bits per heavy atom. The number of alkyl halides is 1. The van der Waals surface area contributed by atoms with Crippen molar-refractivity contribution in [2.24, 2.45) is 0 Å². The van der Waals surface area contributed by atoms with Gasteiger partial charge < -0.3 is 4.74 Å². The van der Waals surface area contributed by atoms with E-state index in [0.29, 0.717) is 28.4 Å². The van der Waals surface area contributed by atoms with E-state index in [9.17, 15) is 9.59 Å². The van der Waals surface area contributed by atoms with E-state index in [-0.39, 0.29) is 12.5 Å². The number of nitrogens with zero attached hydrogens (tertiary/aromatic N) is 1. The number of carbonyl (C=O) groups is 2. The van der Waals surface area contributed by atoms with Crippen LogP contribution < -0.4 is 5.06 Å². The van der Waals surface area contributed by atoms with Gasteiger partial charge in [-0.25, -0.2) is 4.79 Å². The molecule has 0 aromatic heterocycles. The second-order valence-corrected chi connectivity index (χ2v) is 4.50. The lowest BCUT2D eigenvalue weighted by atomic mass is 10.0. The van der Waals surface area contributed by atoms with E-state index < -0.39 is 5.97 Å². The van der Waals surface area contributed by atoms with E-state index in [0.717, 1.165) is 5.06 Å². The first-order chi connectivity index (χ1) is 10.2. The molecule has 6 heteroatoms. The Morgan fingerprint density at radius 2 is 1.95 bits per heavy atom. The van der Waals surface area contributed by atoms with E-state index in [4.69, 9.17) is 21.2 Å². The Kier molecular flexibility index (Phi) is 5.14. The minimum Gasteiger partial charge on any atom is -0.465 e. The number of hydroxylamine groups is 1. The highest BCUT2D eigenvalue weighted by atomic mass is 35.5. The molecule has 0 atom stereocenters. The third-order valence-electron chi connectivity index (χ3n) is 2.95. The first kappa shape index (κ1) is 15.3. The zero-order chi connectivity index (χ0) is 15.2. The number of rotatable bonds is 6. The van der Waals surface area contributed by atoms with Gasteiger partial charge in [-0.2, -0.15) is 5.06 Å². The van der Waals surface area contributed by atoms with Crippen LogP contribution in [-0.4, -0.2) is 32.0 Å². The molecule has 0 bridgehead atoms. The molecule has 21 heavy (non-hydrogen) atoms.